The molecule has 0 saturated carbocycles. The zero-order chi connectivity index (χ0) is 12.1. The van der Waals surface area contributed by atoms with Gasteiger partial charge in [-0.2, -0.15) is 0 Å². The van der Waals surface area contributed by atoms with Crippen molar-refractivity contribution in [1.82, 2.24) is 15.2 Å². The Bertz CT molecular complexity index is 307. The lowest BCUT2D eigenvalue weighted by molar-refractivity contribution is 0.131. The van der Waals surface area contributed by atoms with Crippen LogP contribution >= 0.6 is 0 Å². The van der Waals surface area contributed by atoms with Crippen LogP contribution in [-0.2, 0) is 4.74 Å². The van der Waals surface area contributed by atoms with Crippen molar-refractivity contribution in [2.75, 3.05) is 52.9 Å². The Hall–Kier alpha value is -1.27. The number of hydrazone groups is 1. The van der Waals surface area contributed by atoms with Gasteiger partial charge in [0.15, 0.2) is 0 Å². The second-order valence-electron chi connectivity index (χ2n) is 4.43. The largest absolute Gasteiger partial charge is 0.474 e. The minimum absolute atomic E-state index is 0.519. The zero-order valence-electron chi connectivity index (χ0n) is 10.4. The van der Waals surface area contributed by atoms with E-state index in [1.54, 1.807) is 0 Å². The predicted molar refractivity (Wildman–Crippen MR) is 67.6 cm³/mol. The van der Waals surface area contributed by atoms with Gasteiger partial charge in [-0.15, -0.1) is 5.10 Å². The van der Waals surface area contributed by atoms with Gasteiger partial charge in [0, 0.05) is 32.7 Å². The Kier molecular flexibility index (Phi) is 4.22. The van der Waals surface area contributed by atoms with Crippen molar-refractivity contribution < 1.29 is 4.74 Å². The third kappa shape index (κ3) is 3.61. The van der Waals surface area contributed by atoms with E-state index in [4.69, 9.17) is 10.5 Å². The number of nitrogens with one attached hydrogen (secondary N) is 1. The first-order chi connectivity index (χ1) is 8.25. The van der Waals surface area contributed by atoms with E-state index in [2.05, 4.69) is 27.4 Å². The summed E-state index contributed by atoms with van der Waals surface area (Å²) in [5.41, 5.74) is 9.23. The van der Waals surface area contributed by atoms with Gasteiger partial charge in [0.05, 0.1) is 12.2 Å². The number of nitrogens with two attached hydrogens (primary N) is 1. The molecule has 0 amide bonds. The molecule has 17 heavy (non-hydrogen) atoms. The topological polar surface area (TPSA) is 66.1 Å². The summed E-state index contributed by atoms with van der Waals surface area (Å²) in [4.78, 5) is 4.74. The summed E-state index contributed by atoms with van der Waals surface area (Å²) in [6.45, 7) is 6.72. The lowest BCUT2D eigenvalue weighted by Crippen LogP contribution is -2.45. The van der Waals surface area contributed by atoms with E-state index in [0.29, 0.717) is 24.7 Å². The molecule has 96 valence electrons. The number of ether oxygens (including phenoxy) is 1. The maximum absolute atomic E-state index is 5.76. The van der Waals surface area contributed by atoms with Crippen LogP contribution in [0.15, 0.2) is 16.9 Å². The standard InChI is InChI=1S/C11H21N5O/c1-15-4-6-16(7-5-15)8-9-17-11-10(12)2-3-13-14-11/h2,13H,3-9,12H2,1H3. The number of hydrogen-bond acceptors (Lipinski definition) is 6. The van der Waals surface area contributed by atoms with Crippen LogP contribution in [0.3, 0.4) is 0 Å². The maximum atomic E-state index is 5.76. The average molecular weight is 239 g/mol. The monoisotopic (exact) mass is 239 g/mol. The van der Waals surface area contributed by atoms with E-state index in [1.807, 2.05) is 6.08 Å². The molecule has 0 unspecified atom stereocenters. The molecular formula is C11H21N5O. The summed E-state index contributed by atoms with van der Waals surface area (Å²) < 4.78 is 5.56. The molecule has 0 aromatic rings. The molecule has 3 N–H and O–H groups in total. The van der Waals surface area contributed by atoms with Crippen LogP contribution in [0.2, 0.25) is 0 Å². The summed E-state index contributed by atoms with van der Waals surface area (Å²) in [7, 11) is 2.15. The highest BCUT2D eigenvalue weighted by atomic mass is 16.5. The second-order valence-corrected chi connectivity index (χ2v) is 4.43. The fourth-order valence-corrected chi connectivity index (χ4v) is 1.88. The SMILES string of the molecule is CN1CCN(CCOC2=NNCC=C2N)CC1. The Morgan fingerprint density at radius 1 is 1.41 bits per heavy atom. The van der Waals surface area contributed by atoms with Gasteiger partial charge in [0.2, 0.25) is 0 Å². The first-order valence-corrected chi connectivity index (χ1v) is 6.06. The van der Waals surface area contributed by atoms with Crippen LogP contribution in [0.4, 0.5) is 0 Å². The molecule has 0 aromatic heterocycles. The van der Waals surface area contributed by atoms with Crippen LogP contribution in [0, 0.1) is 0 Å². The van der Waals surface area contributed by atoms with Gasteiger partial charge in [-0.3, -0.25) is 4.90 Å². The van der Waals surface area contributed by atoms with Crippen molar-refractivity contribution in [1.29, 1.82) is 0 Å². The second kappa shape index (κ2) is 5.88. The lowest BCUT2D eigenvalue weighted by Gasteiger charge is -2.32. The summed E-state index contributed by atoms with van der Waals surface area (Å²) in [5, 5.41) is 4.03. The van der Waals surface area contributed by atoms with Crippen molar-refractivity contribution in [3.05, 3.63) is 11.8 Å². The molecule has 2 heterocycles. The highest BCUT2D eigenvalue weighted by molar-refractivity contribution is 5.92. The van der Waals surface area contributed by atoms with Crippen LogP contribution < -0.4 is 11.2 Å². The number of hydrogen-bond donors (Lipinski definition) is 2. The van der Waals surface area contributed by atoms with E-state index in [-0.39, 0.29) is 0 Å². The van der Waals surface area contributed by atoms with E-state index >= 15 is 0 Å². The molecule has 2 rings (SSSR count). The molecule has 1 saturated heterocycles. The van der Waals surface area contributed by atoms with Crippen molar-refractivity contribution in [2.24, 2.45) is 10.8 Å². The minimum Gasteiger partial charge on any atom is -0.474 e. The molecule has 0 atom stereocenters. The summed E-state index contributed by atoms with van der Waals surface area (Å²) >= 11 is 0. The van der Waals surface area contributed by atoms with Crippen LogP contribution in [0.5, 0.6) is 0 Å². The molecule has 0 bridgehead atoms. The molecule has 0 aliphatic carbocycles. The van der Waals surface area contributed by atoms with Crippen molar-refractivity contribution in [2.45, 2.75) is 0 Å². The fraction of sp³-hybridized carbons (Fsp3) is 0.727. The summed E-state index contributed by atoms with van der Waals surface area (Å²) in [6, 6.07) is 0. The van der Waals surface area contributed by atoms with Gasteiger partial charge in [-0.05, 0) is 13.1 Å². The zero-order valence-corrected chi connectivity index (χ0v) is 10.4. The van der Waals surface area contributed by atoms with Crippen LogP contribution in [0.1, 0.15) is 0 Å². The molecule has 0 spiro atoms. The van der Waals surface area contributed by atoms with Crippen molar-refractivity contribution in [3.8, 4) is 0 Å². The van der Waals surface area contributed by atoms with Crippen LogP contribution in [0.25, 0.3) is 0 Å². The average Bonchev–Trinajstić information content (AvgIpc) is 2.34. The Balaban J connectivity index is 1.66. The Morgan fingerprint density at radius 3 is 2.88 bits per heavy atom. The Morgan fingerprint density at radius 2 is 2.18 bits per heavy atom. The van der Waals surface area contributed by atoms with Crippen molar-refractivity contribution >= 4 is 5.90 Å². The molecule has 2 aliphatic rings. The van der Waals surface area contributed by atoms with Gasteiger partial charge in [-0.1, -0.05) is 0 Å². The van der Waals surface area contributed by atoms with E-state index < -0.39 is 0 Å². The normalized spacial score (nSPS) is 22.6. The predicted octanol–water partition coefficient (Wildman–Crippen LogP) is -0.990. The number of likely N-dealkylation sites (N-methyl/N-ethyl adjacent to an activating group) is 1. The van der Waals surface area contributed by atoms with Gasteiger partial charge in [0.25, 0.3) is 5.90 Å². The number of piperazine rings is 1. The van der Waals surface area contributed by atoms with E-state index in [0.717, 1.165) is 32.7 Å². The Labute approximate surface area is 102 Å². The van der Waals surface area contributed by atoms with Gasteiger partial charge in [-0.25, -0.2) is 0 Å². The first kappa shape index (κ1) is 12.2. The molecule has 1 fully saturated rings. The van der Waals surface area contributed by atoms with Gasteiger partial charge < -0.3 is 20.8 Å². The van der Waals surface area contributed by atoms with Gasteiger partial charge in [0.1, 0.15) is 6.61 Å². The third-order valence-corrected chi connectivity index (χ3v) is 3.08. The quantitative estimate of drug-likeness (QED) is 0.662. The summed E-state index contributed by atoms with van der Waals surface area (Å²) in [6.07, 6.45) is 1.87. The first-order valence-electron chi connectivity index (χ1n) is 6.06. The molecule has 0 radical (unpaired) electrons. The maximum Gasteiger partial charge on any atom is 0.253 e. The smallest absolute Gasteiger partial charge is 0.253 e. The molecule has 0 aromatic carbocycles. The van der Waals surface area contributed by atoms with Gasteiger partial charge >= 0.3 is 0 Å². The fourth-order valence-electron chi connectivity index (χ4n) is 1.88. The minimum atomic E-state index is 0.519. The highest BCUT2D eigenvalue weighted by Crippen LogP contribution is 2.00. The van der Waals surface area contributed by atoms with Crippen molar-refractivity contribution in [3.63, 3.8) is 0 Å². The number of rotatable bonds is 3. The summed E-state index contributed by atoms with van der Waals surface area (Å²) in [5.74, 6) is 0.519. The molecular weight excluding hydrogens is 218 g/mol. The van der Waals surface area contributed by atoms with E-state index in [9.17, 15) is 0 Å². The third-order valence-electron chi connectivity index (χ3n) is 3.08. The lowest BCUT2D eigenvalue weighted by atomic mass is 10.3. The van der Waals surface area contributed by atoms with E-state index in [1.165, 1.54) is 0 Å². The molecule has 2 aliphatic heterocycles. The van der Waals surface area contributed by atoms with Crippen LogP contribution in [-0.4, -0.2) is 68.6 Å². The molecule has 6 heteroatoms. The number of nitrogens with zero attached hydrogens (tertiary/aromatic N) is 3. The highest BCUT2D eigenvalue weighted by Gasteiger charge is 2.14. The molecule has 6 nitrogen and oxygen atoms in total.